The van der Waals surface area contributed by atoms with E-state index in [0.29, 0.717) is 11.8 Å². The number of rotatable bonds is 2. The predicted octanol–water partition coefficient (Wildman–Crippen LogP) is 3.14. The van der Waals surface area contributed by atoms with Gasteiger partial charge in [0.05, 0.1) is 13.7 Å². The van der Waals surface area contributed by atoms with Gasteiger partial charge in [-0.25, -0.2) is 0 Å². The quantitative estimate of drug-likeness (QED) is 0.895. The molecular weight excluding hydrogens is 314 g/mol. The molecule has 3 fully saturated rings. The Labute approximate surface area is 150 Å². The third kappa shape index (κ3) is 1.90. The average Bonchev–Trinajstić information content (AvgIpc) is 3.28. The highest BCUT2D eigenvalue weighted by Gasteiger charge is 2.68. The van der Waals surface area contributed by atoms with Gasteiger partial charge in [0.25, 0.3) is 0 Å². The van der Waals surface area contributed by atoms with E-state index in [9.17, 15) is 0 Å². The fraction of sp³-hybridized carbons (Fsp3) is 0.714. The largest absolute Gasteiger partial charge is 0.493 e. The van der Waals surface area contributed by atoms with Gasteiger partial charge in [0.1, 0.15) is 6.10 Å². The van der Waals surface area contributed by atoms with Gasteiger partial charge in [0.2, 0.25) is 0 Å². The van der Waals surface area contributed by atoms with Gasteiger partial charge in [-0.15, -0.1) is 0 Å². The molecule has 3 aliphatic heterocycles. The zero-order valence-electron chi connectivity index (χ0n) is 15.3. The van der Waals surface area contributed by atoms with Crippen LogP contribution in [0.15, 0.2) is 18.2 Å². The summed E-state index contributed by atoms with van der Waals surface area (Å²) >= 11 is 0. The molecule has 5 unspecified atom stereocenters. The molecule has 4 heteroatoms. The zero-order chi connectivity index (χ0) is 17.1. The van der Waals surface area contributed by atoms with Crippen LogP contribution in [0.1, 0.15) is 38.2 Å². The molecule has 0 bridgehead atoms. The van der Waals surface area contributed by atoms with Crippen LogP contribution in [0, 0.1) is 17.3 Å². The number of methoxy groups -OCH3 is 1. The smallest absolute Gasteiger partial charge is 0.165 e. The first-order chi connectivity index (χ1) is 12.2. The first kappa shape index (κ1) is 16.0. The van der Waals surface area contributed by atoms with Gasteiger partial charge in [0.15, 0.2) is 11.5 Å². The van der Waals surface area contributed by atoms with E-state index in [1.54, 1.807) is 7.11 Å². The second-order valence-electron chi connectivity index (χ2n) is 8.55. The van der Waals surface area contributed by atoms with Crippen LogP contribution in [0.25, 0.3) is 0 Å². The summed E-state index contributed by atoms with van der Waals surface area (Å²) in [4.78, 5) is 0. The Morgan fingerprint density at radius 2 is 2.12 bits per heavy atom. The van der Waals surface area contributed by atoms with Gasteiger partial charge in [-0.3, -0.25) is 0 Å². The summed E-state index contributed by atoms with van der Waals surface area (Å²) in [6.45, 7) is 6.44. The van der Waals surface area contributed by atoms with E-state index >= 15 is 0 Å². The average molecular weight is 343 g/mol. The minimum atomic E-state index is 0.0821. The third-order valence-electron chi connectivity index (χ3n) is 7.73. The number of ether oxygens (including phenoxy) is 3. The Morgan fingerprint density at radius 1 is 1.20 bits per heavy atom. The van der Waals surface area contributed by atoms with E-state index < -0.39 is 0 Å². The Morgan fingerprint density at radius 3 is 2.92 bits per heavy atom. The highest BCUT2D eigenvalue weighted by Crippen LogP contribution is 2.66. The topological polar surface area (TPSA) is 39.7 Å². The molecule has 5 atom stereocenters. The molecule has 5 rings (SSSR count). The maximum absolute atomic E-state index is 6.65. The van der Waals surface area contributed by atoms with Crippen LogP contribution in [0.3, 0.4) is 0 Å². The summed E-state index contributed by atoms with van der Waals surface area (Å²) in [6.07, 6.45) is 5.13. The lowest BCUT2D eigenvalue weighted by atomic mass is 9.45. The van der Waals surface area contributed by atoms with Gasteiger partial charge in [-0.1, -0.05) is 19.1 Å². The monoisotopic (exact) mass is 343 g/mol. The lowest BCUT2D eigenvalue weighted by Gasteiger charge is -2.60. The van der Waals surface area contributed by atoms with Crippen molar-refractivity contribution in [2.24, 2.45) is 17.3 Å². The Kier molecular flexibility index (Phi) is 3.58. The highest BCUT2D eigenvalue weighted by atomic mass is 16.5. The molecule has 136 valence electrons. The van der Waals surface area contributed by atoms with Crippen molar-refractivity contribution in [3.05, 3.63) is 23.8 Å². The number of hydrogen-bond acceptors (Lipinski definition) is 4. The molecule has 1 aromatic rings. The number of fused-ring (bicyclic) bond motifs is 1. The Balaban J connectivity index is 1.74. The second-order valence-corrected chi connectivity index (χ2v) is 8.55. The summed E-state index contributed by atoms with van der Waals surface area (Å²) in [7, 11) is 1.75. The fourth-order valence-electron chi connectivity index (χ4n) is 6.66. The fourth-order valence-corrected chi connectivity index (χ4v) is 6.66. The van der Waals surface area contributed by atoms with Gasteiger partial charge in [-0.05, 0) is 55.5 Å². The van der Waals surface area contributed by atoms with Crippen LogP contribution >= 0.6 is 0 Å². The van der Waals surface area contributed by atoms with Crippen molar-refractivity contribution in [1.82, 2.24) is 5.32 Å². The molecule has 1 aliphatic carbocycles. The first-order valence-corrected chi connectivity index (χ1v) is 9.84. The molecule has 0 aromatic heterocycles. The Hall–Kier alpha value is -1.26. The molecule has 0 radical (unpaired) electrons. The van der Waals surface area contributed by atoms with E-state index in [-0.39, 0.29) is 16.9 Å². The molecule has 1 aromatic carbocycles. The maximum atomic E-state index is 6.65. The van der Waals surface area contributed by atoms with Crippen molar-refractivity contribution in [3.63, 3.8) is 0 Å². The van der Waals surface area contributed by atoms with Crippen molar-refractivity contribution in [3.8, 4) is 11.5 Å². The van der Waals surface area contributed by atoms with Crippen LogP contribution in [0.4, 0.5) is 0 Å². The minimum Gasteiger partial charge on any atom is -0.493 e. The summed E-state index contributed by atoms with van der Waals surface area (Å²) in [6, 6.07) is 6.51. The molecule has 2 saturated heterocycles. The molecule has 1 saturated carbocycles. The molecule has 4 aliphatic rings. The number of piperidine rings is 1. The van der Waals surface area contributed by atoms with Gasteiger partial charge < -0.3 is 19.5 Å². The number of nitrogens with one attached hydrogen (secondary N) is 1. The second kappa shape index (κ2) is 5.62. The summed E-state index contributed by atoms with van der Waals surface area (Å²) in [5, 5.41) is 3.78. The molecule has 1 N–H and O–H groups in total. The van der Waals surface area contributed by atoms with E-state index in [1.807, 2.05) is 6.07 Å². The molecule has 1 spiro atoms. The van der Waals surface area contributed by atoms with Crippen LogP contribution in [-0.4, -0.2) is 39.5 Å². The standard InChI is InChI=1S/C21H29NO3/c1-20(15-9-10-24-12-15)13-22-11-14-5-3-8-18-21(14,20)16-6-4-7-17(23-2)19(16)25-18/h4,6-7,14-15,18,22H,3,5,8-13H2,1-2H3. The molecule has 3 heterocycles. The van der Waals surface area contributed by atoms with E-state index in [4.69, 9.17) is 14.2 Å². The predicted molar refractivity (Wildman–Crippen MR) is 96.3 cm³/mol. The van der Waals surface area contributed by atoms with E-state index in [1.165, 1.54) is 24.8 Å². The Bertz CT molecular complexity index is 669. The van der Waals surface area contributed by atoms with Gasteiger partial charge in [-0.2, -0.15) is 0 Å². The van der Waals surface area contributed by atoms with Crippen LogP contribution in [0.5, 0.6) is 11.5 Å². The SMILES string of the molecule is COc1cccc2c1OC1CCCC3CNCC(C)(C4CCOC4)C231. The van der Waals surface area contributed by atoms with Crippen molar-refractivity contribution >= 4 is 0 Å². The molecule has 0 amide bonds. The van der Waals surface area contributed by atoms with Crippen LogP contribution in [-0.2, 0) is 10.2 Å². The first-order valence-electron chi connectivity index (χ1n) is 9.84. The van der Waals surface area contributed by atoms with Crippen molar-refractivity contribution in [2.75, 3.05) is 33.4 Å². The summed E-state index contributed by atoms with van der Waals surface area (Å²) in [5.74, 6) is 3.11. The minimum absolute atomic E-state index is 0.0821. The molecule has 4 nitrogen and oxygen atoms in total. The number of para-hydroxylation sites is 1. The number of benzene rings is 1. The highest BCUT2D eigenvalue weighted by molar-refractivity contribution is 5.56. The number of hydrogen-bond donors (Lipinski definition) is 1. The maximum Gasteiger partial charge on any atom is 0.165 e. The van der Waals surface area contributed by atoms with Crippen LogP contribution in [0.2, 0.25) is 0 Å². The zero-order valence-corrected chi connectivity index (χ0v) is 15.3. The normalized spacial score (nSPS) is 42.2. The van der Waals surface area contributed by atoms with Gasteiger partial charge in [0, 0.05) is 24.1 Å². The van der Waals surface area contributed by atoms with Crippen molar-refractivity contribution in [2.45, 2.75) is 44.1 Å². The molecular formula is C21H29NO3. The lowest BCUT2D eigenvalue weighted by Crippen LogP contribution is -2.68. The van der Waals surface area contributed by atoms with E-state index in [2.05, 4.69) is 24.4 Å². The van der Waals surface area contributed by atoms with E-state index in [0.717, 1.165) is 44.2 Å². The van der Waals surface area contributed by atoms with Crippen LogP contribution < -0.4 is 14.8 Å². The third-order valence-corrected chi connectivity index (χ3v) is 7.73. The summed E-state index contributed by atoms with van der Waals surface area (Å²) in [5.41, 5.74) is 1.63. The van der Waals surface area contributed by atoms with Gasteiger partial charge >= 0.3 is 0 Å². The lowest BCUT2D eigenvalue weighted by molar-refractivity contribution is -0.0884. The van der Waals surface area contributed by atoms with Crippen molar-refractivity contribution < 1.29 is 14.2 Å². The summed E-state index contributed by atoms with van der Waals surface area (Å²) < 4.78 is 18.2. The van der Waals surface area contributed by atoms with Crippen molar-refractivity contribution in [1.29, 1.82) is 0 Å². The molecule has 25 heavy (non-hydrogen) atoms.